The summed E-state index contributed by atoms with van der Waals surface area (Å²) < 4.78 is 50.7. The Morgan fingerprint density at radius 1 is 1.22 bits per heavy atom. The molecule has 0 spiro atoms. The van der Waals surface area contributed by atoms with E-state index in [1.807, 2.05) is 0 Å². The molecule has 4 rings (SSSR count). The number of ether oxygens (including phenoxy) is 1. The average molecular weight is 534 g/mol. The van der Waals surface area contributed by atoms with Crippen molar-refractivity contribution < 1.29 is 31.6 Å². The van der Waals surface area contributed by atoms with Crippen molar-refractivity contribution in [3.8, 4) is 17.1 Å². The van der Waals surface area contributed by atoms with Crippen LogP contribution in [0.4, 0.5) is 15.2 Å². The fourth-order valence-corrected chi connectivity index (χ4v) is 4.29. The lowest BCUT2D eigenvalue weighted by molar-refractivity contribution is -0.118. The number of hydrogen-bond acceptors (Lipinski definition) is 9. The number of fused-ring (bicyclic) bond motifs is 1. The molecule has 0 aliphatic heterocycles. The van der Waals surface area contributed by atoms with Crippen LogP contribution in [-0.4, -0.2) is 57.4 Å². The Bertz CT molecular complexity index is 1540. The second-order valence-electron chi connectivity index (χ2n) is 7.52. The summed E-state index contributed by atoms with van der Waals surface area (Å²) in [6.07, 6.45) is 1.01. The molecule has 0 bridgehead atoms. The van der Waals surface area contributed by atoms with Crippen molar-refractivity contribution in [1.29, 1.82) is 0 Å². The molecular weight excluding hydrogens is 513 g/mol. The molecule has 0 aliphatic carbocycles. The first kappa shape index (κ1) is 25.1. The Morgan fingerprint density at radius 3 is 2.56 bits per heavy atom. The van der Waals surface area contributed by atoms with Gasteiger partial charge in [-0.25, -0.2) is 12.8 Å². The highest BCUT2D eigenvalue weighted by Gasteiger charge is 2.26. The Morgan fingerprint density at radius 2 is 1.94 bits per heavy atom. The number of nitrogens with one attached hydrogen (secondary N) is 2. The maximum atomic E-state index is 13.5. The quantitative estimate of drug-likeness (QED) is 0.352. The van der Waals surface area contributed by atoms with E-state index in [0.29, 0.717) is 10.9 Å². The highest BCUT2D eigenvalue weighted by atomic mass is 32.2. The van der Waals surface area contributed by atoms with Gasteiger partial charge in [0.15, 0.2) is 6.61 Å². The van der Waals surface area contributed by atoms with Crippen LogP contribution < -0.4 is 19.7 Å². The van der Waals surface area contributed by atoms with Gasteiger partial charge in [-0.15, -0.1) is 10.2 Å². The molecule has 0 unspecified atom stereocenters. The van der Waals surface area contributed by atoms with Gasteiger partial charge in [0.1, 0.15) is 28.4 Å². The van der Waals surface area contributed by atoms with Crippen molar-refractivity contribution in [3.63, 3.8) is 0 Å². The van der Waals surface area contributed by atoms with Crippen LogP contribution in [0.1, 0.15) is 10.4 Å². The van der Waals surface area contributed by atoms with Gasteiger partial charge in [0.25, 0.3) is 11.8 Å². The zero-order valence-electron chi connectivity index (χ0n) is 19.2. The third-order valence-corrected chi connectivity index (χ3v) is 6.93. The number of furan rings is 1. The van der Waals surface area contributed by atoms with Crippen molar-refractivity contribution in [1.82, 2.24) is 15.5 Å². The largest absolute Gasteiger partial charge is 0.482 e. The monoisotopic (exact) mass is 533 g/mol. The number of carbonyl (C=O) groups excluding carboxylic acids is 2. The summed E-state index contributed by atoms with van der Waals surface area (Å²) in [5.41, 5.74) is 2.28. The summed E-state index contributed by atoms with van der Waals surface area (Å²) in [5, 5.41) is 13.0. The first-order valence-electron chi connectivity index (χ1n) is 10.3. The van der Waals surface area contributed by atoms with E-state index >= 15 is 0 Å². The molecule has 0 radical (unpaired) electrons. The lowest BCUT2D eigenvalue weighted by atomic mass is 10.0. The summed E-state index contributed by atoms with van der Waals surface area (Å²) in [6.45, 7) is -0.479. The van der Waals surface area contributed by atoms with Gasteiger partial charge < -0.3 is 14.5 Å². The molecule has 0 saturated carbocycles. The number of halogens is 1. The number of sulfonamides is 1. The molecule has 0 atom stereocenters. The van der Waals surface area contributed by atoms with Crippen LogP contribution in [0, 0.1) is 5.82 Å². The zero-order chi connectivity index (χ0) is 26.0. The molecule has 2 heterocycles. The summed E-state index contributed by atoms with van der Waals surface area (Å²) in [6, 6.07) is 8.18. The van der Waals surface area contributed by atoms with E-state index < -0.39 is 34.3 Å². The molecule has 2 N–H and O–H groups in total. The Kier molecular flexibility index (Phi) is 6.90. The van der Waals surface area contributed by atoms with Crippen LogP contribution in [0.2, 0.25) is 0 Å². The van der Waals surface area contributed by atoms with Gasteiger partial charge in [-0.2, -0.15) is 0 Å². The van der Waals surface area contributed by atoms with Crippen LogP contribution in [0.25, 0.3) is 22.3 Å². The summed E-state index contributed by atoms with van der Waals surface area (Å²) in [4.78, 5) is 25.1. The number of amides is 2. The minimum absolute atomic E-state index is 0.0134. The zero-order valence-corrected chi connectivity index (χ0v) is 20.9. The average Bonchev–Trinajstić information content (AvgIpc) is 3.48. The van der Waals surface area contributed by atoms with Crippen LogP contribution in [0.15, 0.2) is 46.3 Å². The van der Waals surface area contributed by atoms with Gasteiger partial charge in [-0.1, -0.05) is 11.3 Å². The van der Waals surface area contributed by atoms with Gasteiger partial charge in [0.05, 0.1) is 17.5 Å². The maximum Gasteiger partial charge on any atom is 0.264 e. The topological polar surface area (TPSA) is 144 Å². The van der Waals surface area contributed by atoms with Crippen molar-refractivity contribution in [2.75, 3.05) is 36.6 Å². The van der Waals surface area contributed by atoms with Gasteiger partial charge in [-0.05, 0) is 30.3 Å². The van der Waals surface area contributed by atoms with E-state index in [0.717, 1.165) is 21.9 Å². The first-order valence-corrected chi connectivity index (χ1v) is 13.0. The number of hydrogen-bond donors (Lipinski definition) is 2. The lowest BCUT2D eigenvalue weighted by Gasteiger charge is -2.20. The first-order chi connectivity index (χ1) is 17.1. The van der Waals surface area contributed by atoms with E-state index in [2.05, 4.69) is 20.8 Å². The van der Waals surface area contributed by atoms with Crippen molar-refractivity contribution >= 4 is 55.0 Å². The van der Waals surface area contributed by atoms with Gasteiger partial charge in [0.2, 0.25) is 15.2 Å². The molecule has 2 amide bonds. The second kappa shape index (κ2) is 9.91. The third kappa shape index (κ3) is 5.13. The van der Waals surface area contributed by atoms with Crippen LogP contribution in [0.3, 0.4) is 0 Å². The lowest BCUT2D eigenvalue weighted by Crippen LogP contribution is -2.26. The van der Waals surface area contributed by atoms with Gasteiger partial charge >= 0.3 is 0 Å². The van der Waals surface area contributed by atoms with Crippen molar-refractivity contribution in [2.45, 2.75) is 0 Å². The molecule has 188 valence electrons. The number of rotatable bonds is 8. The standard InChI is InChI=1S/C22H20FN5O6S2/c1-24-21(30)19-14-8-17(33-10-18(29)26-22-27-25-11-35-22)15(28(2)36(3,31)32)9-16(14)34-20(19)12-4-6-13(23)7-5-12/h4-9,11H,10H2,1-3H3,(H,24,30)(H,26,27,29). The predicted octanol–water partition coefficient (Wildman–Crippen LogP) is 2.86. The summed E-state index contributed by atoms with van der Waals surface area (Å²) >= 11 is 1.12. The van der Waals surface area contributed by atoms with Crippen LogP contribution in [0.5, 0.6) is 5.75 Å². The molecule has 36 heavy (non-hydrogen) atoms. The molecular formula is C22H20FN5O6S2. The summed E-state index contributed by atoms with van der Waals surface area (Å²) in [5.74, 6) is -1.33. The molecule has 0 aliphatic rings. The van der Waals surface area contributed by atoms with Crippen LogP contribution >= 0.6 is 11.3 Å². The van der Waals surface area contributed by atoms with E-state index in [1.54, 1.807) is 0 Å². The Hall–Kier alpha value is -4.04. The third-order valence-electron chi connectivity index (χ3n) is 5.13. The molecule has 11 nitrogen and oxygen atoms in total. The van der Waals surface area contributed by atoms with Crippen LogP contribution in [-0.2, 0) is 14.8 Å². The summed E-state index contributed by atoms with van der Waals surface area (Å²) in [7, 11) is -0.980. The maximum absolute atomic E-state index is 13.5. The van der Waals surface area contributed by atoms with E-state index in [4.69, 9.17) is 9.15 Å². The highest BCUT2D eigenvalue weighted by molar-refractivity contribution is 7.92. The predicted molar refractivity (Wildman–Crippen MR) is 132 cm³/mol. The number of carbonyl (C=O) groups is 2. The number of anilines is 2. The fraction of sp³-hybridized carbons (Fsp3) is 0.182. The molecule has 4 aromatic rings. The molecule has 0 saturated heterocycles. The normalized spacial score (nSPS) is 11.3. The van der Waals surface area contributed by atoms with Crippen molar-refractivity contribution in [2.24, 2.45) is 0 Å². The van der Waals surface area contributed by atoms with Gasteiger partial charge in [-0.3, -0.25) is 19.2 Å². The number of benzene rings is 2. The fourth-order valence-electron chi connectivity index (χ4n) is 3.33. The van der Waals surface area contributed by atoms with E-state index in [9.17, 15) is 22.4 Å². The molecule has 2 aromatic heterocycles. The Labute approximate surface area is 208 Å². The molecule has 14 heteroatoms. The van der Waals surface area contributed by atoms with E-state index in [1.165, 1.54) is 56.0 Å². The smallest absolute Gasteiger partial charge is 0.264 e. The number of nitrogens with zero attached hydrogens (tertiary/aromatic N) is 3. The second-order valence-corrected chi connectivity index (χ2v) is 10.4. The SMILES string of the molecule is CNC(=O)c1c(-c2ccc(F)cc2)oc2cc(N(C)S(C)(=O)=O)c(OCC(=O)Nc3nncs3)cc12. The highest BCUT2D eigenvalue weighted by Crippen LogP contribution is 2.40. The number of aromatic nitrogens is 2. The minimum Gasteiger partial charge on any atom is -0.482 e. The molecule has 2 aromatic carbocycles. The van der Waals surface area contributed by atoms with Gasteiger partial charge in [0, 0.05) is 31.1 Å². The van der Waals surface area contributed by atoms with E-state index in [-0.39, 0.29) is 33.5 Å². The minimum atomic E-state index is -3.73. The molecule has 0 fully saturated rings. The Balaban J connectivity index is 1.83. The van der Waals surface area contributed by atoms with Crippen molar-refractivity contribution in [3.05, 3.63) is 53.3 Å².